The van der Waals surface area contributed by atoms with Crippen LogP contribution in [0.2, 0.25) is 0 Å². The molecule has 0 bridgehead atoms. The largest absolute Gasteiger partial charge is 0.461 e. The van der Waals surface area contributed by atoms with Gasteiger partial charge < -0.3 is 13.8 Å². The highest BCUT2D eigenvalue weighted by atomic mass is 32.1. The molecular formula is C31H32N3O5PS. The van der Waals surface area contributed by atoms with Crippen molar-refractivity contribution >= 4 is 58.9 Å². The van der Waals surface area contributed by atoms with E-state index in [2.05, 4.69) is 15.0 Å². The number of rotatable bonds is 10. The molecule has 0 unspecified atom stereocenters. The number of esters is 1. The van der Waals surface area contributed by atoms with E-state index in [4.69, 9.17) is 13.8 Å². The predicted molar refractivity (Wildman–Crippen MR) is 165 cm³/mol. The van der Waals surface area contributed by atoms with Crippen LogP contribution in [0, 0.1) is 0 Å². The Labute approximate surface area is 243 Å². The summed E-state index contributed by atoms with van der Waals surface area (Å²) in [5.41, 5.74) is 3.77. The lowest BCUT2D eigenvalue weighted by atomic mass is 10.2. The lowest BCUT2D eigenvalue weighted by Crippen LogP contribution is -2.04. The number of nitrogens with zero attached hydrogens (tertiary/aromatic N) is 3. The smallest absolute Gasteiger partial charge is 0.357 e. The molecule has 0 aliphatic carbocycles. The van der Waals surface area contributed by atoms with Gasteiger partial charge in [-0.2, -0.15) is 0 Å². The van der Waals surface area contributed by atoms with E-state index in [1.807, 2.05) is 84.9 Å². The number of benzene rings is 2. The highest BCUT2D eigenvalue weighted by Crippen LogP contribution is 2.51. The average molecular weight is 590 g/mol. The predicted octanol–water partition coefficient (Wildman–Crippen LogP) is 8.04. The molecule has 0 radical (unpaired) electrons. The topological polar surface area (TPSA) is 100 Å². The third kappa shape index (κ3) is 8.62. The Morgan fingerprint density at radius 3 is 2.07 bits per heavy atom. The Morgan fingerprint density at radius 1 is 0.780 bits per heavy atom. The zero-order chi connectivity index (χ0) is 29.1. The van der Waals surface area contributed by atoms with Crippen molar-refractivity contribution in [3.8, 4) is 0 Å². The summed E-state index contributed by atoms with van der Waals surface area (Å²) >= 11 is 1.40. The molecule has 5 rings (SSSR count). The van der Waals surface area contributed by atoms with Crippen molar-refractivity contribution in [2.75, 3.05) is 19.8 Å². The molecule has 10 heteroatoms. The SMILES string of the molecule is CCOC(=O)c1csc(/C=C/c2ccc3ccccc3n2)n1.CCOP(=O)(Cc1ccc2ccccc2n1)OCC. The monoisotopic (exact) mass is 589 g/mol. The highest BCUT2D eigenvalue weighted by molar-refractivity contribution is 7.53. The van der Waals surface area contributed by atoms with E-state index in [0.717, 1.165) is 38.2 Å². The van der Waals surface area contributed by atoms with Gasteiger partial charge in [-0.15, -0.1) is 11.3 Å². The summed E-state index contributed by atoms with van der Waals surface area (Å²) in [6, 6.07) is 23.6. The molecule has 3 heterocycles. The molecule has 0 spiro atoms. The summed E-state index contributed by atoms with van der Waals surface area (Å²) < 4.78 is 27.9. The minimum absolute atomic E-state index is 0.208. The minimum atomic E-state index is -3.08. The van der Waals surface area contributed by atoms with Gasteiger partial charge in [0.1, 0.15) is 5.01 Å². The first kappa shape index (κ1) is 30.2. The van der Waals surface area contributed by atoms with Crippen LogP contribution in [-0.4, -0.2) is 40.7 Å². The number of hydrogen-bond acceptors (Lipinski definition) is 9. The Morgan fingerprint density at radius 2 is 1.41 bits per heavy atom. The molecule has 0 aliphatic rings. The van der Waals surface area contributed by atoms with E-state index in [1.54, 1.807) is 26.2 Å². The molecule has 212 valence electrons. The second kappa shape index (κ2) is 14.8. The summed E-state index contributed by atoms with van der Waals surface area (Å²) in [7, 11) is -3.08. The summed E-state index contributed by atoms with van der Waals surface area (Å²) in [6.45, 7) is 6.47. The van der Waals surface area contributed by atoms with Gasteiger partial charge in [-0.1, -0.05) is 48.5 Å². The van der Waals surface area contributed by atoms with Gasteiger partial charge in [0.2, 0.25) is 0 Å². The normalized spacial score (nSPS) is 11.5. The van der Waals surface area contributed by atoms with Crippen molar-refractivity contribution < 1.29 is 23.1 Å². The lowest BCUT2D eigenvalue weighted by Gasteiger charge is -2.16. The second-order valence-electron chi connectivity index (χ2n) is 8.65. The molecule has 0 amide bonds. The van der Waals surface area contributed by atoms with Crippen LogP contribution < -0.4 is 0 Å². The third-order valence-corrected chi connectivity index (χ3v) is 8.51. The summed E-state index contributed by atoms with van der Waals surface area (Å²) in [4.78, 5) is 24.9. The van der Waals surface area contributed by atoms with Gasteiger partial charge in [0.15, 0.2) is 5.69 Å². The van der Waals surface area contributed by atoms with Crippen LogP contribution in [0.15, 0.2) is 78.2 Å². The third-order valence-electron chi connectivity index (χ3n) is 5.69. The van der Waals surface area contributed by atoms with Crippen molar-refractivity contribution in [1.82, 2.24) is 15.0 Å². The second-order valence-corrected chi connectivity index (χ2v) is 11.6. The van der Waals surface area contributed by atoms with Crippen LogP contribution in [0.5, 0.6) is 0 Å². The van der Waals surface area contributed by atoms with Crippen LogP contribution in [0.25, 0.3) is 34.0 Å². The molecule has 0 N–H and O–H groups in total. The van der Waals surface area contributed by atoms with Crippen molar-refractivity contribution in [2.24, 2.45) is 0 Å². The quantitative estimate of drug-likeness (QED) is 0.119. The number of hydrogen-bond donors (Lipinski definition) is 0. The van der Waals surface area contributed by atoms with Crippen molar-refractivity contribution in [3.05, 3.63) is 100 Å². The average Bonchev–Trinajstić information content (AvgIpc) is 3.46. The van der Waals surface area contributed by atoms with Crippen molar-refractivity contribution in [3.63, 3.8) is 0 Å². The fraction of sp³-hybridized carbons (Fsp3) is 0.226. The van der Waals surface area contributed by atoms with E-state index in [1.165, 1.54) is 11.3 Å². The van der Waals surface area contributed by atoms with Gasteiger partial charge in [-0.25, -0.2) is 14.8 Å². The molecule has 5 aromatic rings. The summed E-state index contributed by atoms with van der Waals surface area (Å²) in [6.07, 6.45) is 3.95. The standard InChI is InChI=1S/C17H14N2O2S.C14H18NO3P/c1-2-21-17(20)15-11-22-16(19-15)10-9-13-8-7-12-5-3-4-6-14(12)18-13;1-3-17-19(16,18-4-2)11-13-10-9-12-7-5-6-8-14(12)15-13/h3-11H,2H2,1H3;5-10H,3-4,11H2,1-2H3/b10-9+;. The Kier molecular flexibility index (Phi) is 10.9. The van der Waals surface area contributed by atoms with E-state index < -0.39 is 7.60 Å². The van der Waals surface area contributed by atoms with E-state index in [9.17, 15) is 9.36 Å². The maximum atomic E-state index is 12.4. The molecule has 0 atom stereocenters. The first-order valence-electron chi connectivity index (χ1n) is 13.3. The molecule has 3 aromatic heterocycles. The van der Waals surface area contributed by atoms with Crippen LogP contribution in [0.3, 0.4) is 0 Å². The molecule has 0 aliphatic heterocycles. The number of aromatic nitrogens is 3. The Bertz CT molecular complexity index is 1680. The van der Waals surface area contributed by atoms with E-state index in [-0.39, 0.29) is 12.1 Å². The van der Waals surface area contributed by atoms with Crippen LogP contribution in [0.4, 0.5) is 0 Å². The molecule has 0 saturated heterocycles. The molecule has 0 fully saturated rings. The van der Waals surface area contributed by atoms with Gasteiger partial charge in [0.25, 0.3) is 0 Å². The van der Waals surface area contributed by atoms with Gasteiger partial charge in [0, 0.05) is 16.2 Å². The Hall–Kier alpha value is -3.75. The summed E-state index contributed by atoms with van der Waals surface area (Å²) in [5, 5.41) is 4.62. The zero-order valence-corrected chi connectivity index (χ0v) is 24.9. The molecule has 8 nitrogen and oxygen atoms in total. The number of fused-ring (bicyclic) bond motifs is 2. The van der Waals surface area contributed by atoms with E-state index in [0.29, 0.717) is 25.5 Å². The number of thiazole rings is 1. The first-order valence-corrected chi connectivity index (χ1v) is 15.9. The minimum Gasteiger partial charge on any atom is -0.461 e. The highest BCUT2D eigenvalue weighted by Gasteiger charge is 2.24. The number of para-hydroxylation sites is 2. The molecule has 2 aromatic carbocycles. The lowest BCUT2D eigenvalue weighted by molar-refractivity contribution is 0.0520. The van der Waals surface area contributed by atoms with Crippen molar-refractivity contribution in [1.29, 1.82) is 0 Å². The number of carbonyl (C=O) groups is 1. The van der Waals surface area contributed by atoms with Gasteiger partial charge >= 0.3 is 13.6 Å². The van der Waals surface area contributed by atoms with E-state index >= 15 is 0 Å². The van der Waals surface area contributed by atoms with Gasteiger partial charge in [-0.3, -0.25) is 9.55 Å². The zero-order valence-electron chi connectivity index (χ0n) is 23.2. The van der Waals surface area contributed by atoms with Crippen LogP contribution in [-0.2, 0) is 24.5 Å². The van der Waals surface area contributed by atoms with Gasteiger partial charge in [0.05, 0.1) is 48.4 Å². The fourth-order valence-electron chi connectivity index (χ4n) is 3.91. The first-order chi connectivity index (χ1) is 19.9. The summed E-state index contributed by atoms with van der Waals surface area (Å²) in [5.74, 6) is -0.387. The van der Waals surface area contributed by atoms with Crippen molar-refractivity contribution in [2.45, 2.75) is 26.9 Å². The number of carbonyl (C=O) groups excluding carboxylic acids is 1. The van der Waals surface area contributed by atoms with Gasteiger partial charge in [-0.05, 0) is 57.2 Å². The fourth-order valence-corrected chi connectivity index (χ4v) is 6.21. The Balaban J connectivity index is 0.000000191. The number of pyridine rings is 2. The molecule has 0 saturated carbocycles. The molecular weight excluding hydrogens is 557 g/mol. The number of ether oxygens (including phenoxy) is 1. The maximum absolute atomic E-state index is 12.4. The van der Waals surface area contributed by atoms with Crippen LogP contribution in [0.1, 0.15) is 47.7 Å². The van der Waals surface area contributed by atoms with Crippen LogP contribution >= 0.6 is 18.9 Å². The maximum Gasteiger partial charge on any atom is 0.357 e. The molecule has 41 heavy (non-hydrogen) atoms.